The second-order valence-electron chi connectivity index (χ2n) is 6.31. The van der Waals surface area contributed by atoms with E-state index in [2.05, 4.69) is 20.3 Å². The van der Waals surface area contributed by atoms with Gasteiger partial charge in [-0.15, -0.1) is 0 Å². The van der Waals surface area contributed by atoms with Gasteiger partial charge in [-0.3, -0.25) is 0 Å². The van der Waals surface area contributed by atoms with Crippen LogP contribution in [0.1, 0.15) is 17.3 Å². The third-order valence-electron chi connectivity index (χ3n) is 4.03. The summed E-state index contributed by atoms with van der Waals surface area (Å²) in [5.74, 6) is 3.21. The highest BCUT2D eigenvalue weighted by molar-refractivity contribution is 5.54. The molecule has 0 fully saturated rings. The van der Waals surface area contributed by atoms with Crippen LogP contribution in [0.2, 0.25) is 0 Å². The standard InChI is InChI=1S/C20H19N5O3/c1-14-10-17(27-23-14)12-25(2)19-9-8-15(11-21-19)20-22-18(24-28-20)13-26-16-6-4-3-5-7-16/h3-11H,12-13H2,1-2H3. The van der Waals surface area contributed by atoms with E-state index in [4.69, 9.17) is 13.8 Å². The van der Waals surface area contributed by atoms with Gasteiger partial charge in [0.25, 0.3) is 5.89 Å². The molecule has 8 nitrogen and oxygen atoms in total. The lowest BCUT2D eigenvalue weighted by Crippen LogP contribution is -2.17. The lowest BCUT2D eigenvalue weighted by atomic mass is 10.2. The van der Waals surface area contributed by atoms with Gasteiger partial charge in [0.05, 0.1) is 17.8 Å². The minimum atomic E-state index is 0.234. The molecule has 8 heteroatoms. The summed E-state index contributed by atoms with van der Waals surface area (Å²) in [6.07, 6.45) is 1.70. The molecule has 142 valence electrons. The summed E-state index contributed by atoms with van der Waals surface area (Å²) in [6, 6.07) is 15.2. The molecule has 0 saturated carbocycles. The van der Waals surface area contributed by atoms with Gasteiger partial charge in [0.15, 0.2) is 12.4 Å². The number of ether oxygens (including phenoxy) is 1. The molecular weight excluding hydrogens is 358 g/mol. The number of hydrogen-bond acceptors (Lipinski definition) is 8. The van der Waals surface area contributed by atoms with Crippen molar-refractivity contribution in [3.63, 3.8) is 0 Å². The number of aryl methyl sites for hydroxylation is 1. The lowest BCUT2D eigenvalue weighted by molar-refractivity contribution is 0.287. The van der Waals surface area contributed by atoms with E-state index in [9.17, 15) is 0 Å². The summed E-state index contributed by atoms with van der Waals surface area (Å²) in [4.78, 5) is 10.8. The van der Waals surface area contributed by atoms with Crippen LogP contribution in [0.25, 0.3) is 11.5 Å². The molecule has 0 aliphatic carbocycles. The maximum atomic E-state index is 5.63. The van der Waals surface area contributed by atoms with Crippen molar-refractivity contribution in [1.82, 2.24) is 20.3 Å². The zero-order valence-corrected chi connectivity index (χ0v) is 15.6. The summed E-state index contributed by atoms with van der Waals surface area (Å²) in [6.45, 7) is 2.71. The van der Waals surface area contributed by atoms with E-state index in [1.54, 1.807) is 6.20 Å². The Hall–Kier alpha value is -3.68. The molecule has 0 spiro atoms. The summed E-state index contributed by atoms with van der Waals surface area (Å²) in [5.41, 5.74) is 1.60. The van der Waals surface area contributed by atoms with Gasteiger partial charge in [0.1, 0.15) is 11.6 Å². The van der Waals surface area contributed by atoms with Gasteiger partial charge >= 0.3 is 0 Å². The molecule has 4 aromatic rings. The van der Waals surface area contributed by atoms with Crippen LogP contribution in [0.4, 0.5) is 5.82 Å². The first-order chi connectivity index (χ1) is 13.7. The number of anilines is 1. The van der Waals surface area contributed by atoms with Gasteiger partial charge in [0, 0.05) is 19.3 Å². The van der Waals surface area contributed by atoms with Crippen molar-refractivity contribution in [3.05, 3.63) is 72.0 Å². The summed E-state index contributed by atoms with van der Waals surface area (Å²) >= 11 is 0. The maximum absolute atomic E-state index is 5.63. The molecule has 0 bridgehead atoms. The Kier molecular flexibility index (Phi) is 5.01. The van der Waals surface area contributed by atoms with Crippen LogP contribution < -0.4 is 9.64 Å². The van der Waals surface area contributed by atoms with Crippen molar-refractivity contribution in [2.45, 2.75) is 20.1 Å². The van der Waals surface area contributed by atoms with Gasteiger partial charge in [-0.05, 0) is 31.2 Å². The zero-order chi connectivity index (χ0) is 19.3. The van der Waals surface area contributed by atoms with Crippen LogP contribution in [-0.2, 0) is 13.2 Å². The number of para-hydroxylation sites is 1. The van der Waals surface area contributed by atoms with E-state index in [0.717, 1.165) is 28.6 Å². The SMILES string of the molecule is Cc1cc(CN(C)c2ccc(-c3nc(COc4ccccc4)no3)cn2)on1. The topological polar surface area (TPSA) is 90.3 Å². The van der Waals surface area contributed by atoms with E-state index in [1.165, 1.54) is 0 Å². The van der Waals surface area contributed by atoms with Crippen molar-refractivity contribution in [2.24, 2.45) is 0 Å². The Morgan fingerprint density at radius 3 is 2.61 bits per heavy atom. The predicted octanol–water partition coefficient (Wildman–Crippen LogP) is 3.64. The minimum absolute atomic E-state index is 0.234. The largest absolute Gasteiger partial charge is 0.485 e. The first kappa shape index (κ1) is 17.7. The van der Waals surface area contributed by atoms with Crippen LogP contribution in [0.5, 0.6) is 5.75 Å². The average Bonchev–Trinajstić information content (AvgIpc) is 3.36. The molecule has 0 radical (unpaired) electrons. The molecule has 0 amide bonds. The van der Waals surface area contributed by atoms with Crippen molar-refractivity contribution < 1.29 is 13.8 Å². The first-order valence-corrected chi connectivity index (χ1v) is 8.77. The summed E-state index contributed by atoms with van der Waals surface area (Å²) in [5, 5.41) is 7.85. The summed E-state index contributed by atoms with van der Waals surface area (Å²) < 4.78 is 16.2. The first-order valence-electron chi connectivity index (χ1n) is 8.77. The fraction of sp³-hybridized carbons (Fsp3) is 0.200. The highest BCUT2D eigenvalue weighted by Gasteiger charge is 2.12. The predicted molar refractivity (Wildman–Crippen MR) is 102 cm³/mol. The number of benzene rings is 1. The molecule has 0 aliphatic rings. The molecule has 0 N–H and O–H groups in total. The van der Waals surface area contributed by atoms with Crippen molar-refractivity contribution in [2.75, 3.05) is 11.9 Å². The van der Waals surface area contributed by atoms with E-state index in [1.807, 2.05) is 67.4 Å². The highest BCUT2D eigenvalue weighted by Crippen LogP contribution is 2.20. The number of aromatic nitrogens is 4. The van der Waals surface area contributed by atoms with Gasteiger partial charge in [-0.2, -0.15) is 4.98 Å². The molecule has 0 atom stereocenters. The molecule has 3 aromatic heterocycles. The van der Waals surface area contributed by atoms with Gasteiger partial charge in [-0.1, -0.05) is 28.5 Å². The second kappa shape index (κ2) is 7.91. The second-order valence-corrected chi connectivity index (χ2v) is 6.31. The van der Waals surface area contributed by atoms with Gasteiger partial charge in [0.2, 0.25) is 5.82 Å². The van der Waals surface area contributed by atoms with Crippen molar-refractivity contribution >= 4 is 5.82 Å². The molecule has 0 aliphatic heterocycles. The van der Waals surface area contributed by atoms with Crippen molar-refractivity contribution in [3.8, 4) is 17.2 Å². The van der Waals surface area contributed by atoms with Crippen LogP contribution in [0, 0.1) is 6.92 Å². The molecular formula is C20H19N5O3. The Morgan fingerprint density at radius 1 is 1.04 bits per heavy atom. The Morgan fingerprint density at radius 2 is 1.89 bits per heavy atom. The number of nitrogens with zero attached hydrogens (tertiary/aromatic N) is 5. The third kappa shape index (κ3) is 4.17. The fourth-order valence-corrected chi connectivity index (χ4v) is 2.64. The van der Waals surface area contributed by atoms with Gasteiger partial charge < -0.3 is 18.7 Å². The number of hydrogen-bond donors (Lipinski definition) is 0. The van der Waals surface area contributed by atoms with E-state index in [0.29, 0.717) is 18.3 Å². The summed E-state index contributed by atoms with van der Waals surface area (Å²) in [7, 11) is 1.94. The van der Waals surface area contributed by atoms with Crippen LogP contribution in [-0.4, -0.2) is 27.3 Å². The quantitative estimate of drug-likeness (QED) is 0.482. The molecule has 4 rings (SSSR count). The molecule has 0 saturated heterocycles. The van der Waals surface area contributed by atoms with Crippen LogP contribution in [0.3, 0.4) is 0 Å². The molecule has 28 heavy (non-hydrogen) atoms. The van der Waals surface area contributed by atoms with Gasteiger partial charge in [-0.25, -0.2) is 4.98 Å². The molecule has 3 heterocycles. The third-order valence-corrected chi connectivity index (χ3v) is 4.03. The zero-order valence-electron chi connectivity index (χ0n) is 15.6. The average molecular weight is 377 g/mol. The number of rotatable bonds is 7. The Balaban J connectivity index is 1.39. The lowest BCUT2D eigenvalue weighted by Gasteiger charge is -2.16. The Bertz CT molecular complexity index is 1030. The monoisotopic (exact) mass is 377 g/mol. The highest BCUT2D eigenvalue weighted by atomic mass is 16.5. The normalized spacial score (nSPS) is 10.8. The van der Waals surface area contributed by atoms with Crippen LogP contribution in [0.15, 0.2) is 63.8 Å². The van der Waals surface area contributed by atoms with E-state index >= 15 is 0 Å². The maximum Gasteiger partial charge on any atom is 0.259 e. The van der Waals surface area contributed by atoms with Crippen molar-refractivity contribution in [1.29, 1.82) is 0 Å². The fourth-order valence-electron chi connectivity index (χ4n) is 2.64. The van der Waals surface area contributed by atoms with E-state index < -0.39 is 0 Å². The minimum Gasteiger partial charge on any atom is -0.485 e. The molecule has 0 unspecified atom stereocenters. The Labute approximate surface area is 161 Å². The number of pyridine rings is 1. The van der Waals surface area contributed by atoms with Crippen LogP contribution >= 0.6 is 0 Å². The smallest absolute Gasteiger partial charge is 0.259 e. The van der Waals surface area contributed by atoms with E-state index in [-0.39, 0.29) is 6.61 Å². The molecule has 1 aromatic carbocycles.